The van der Waals surface area contributed by atoms with Gasteiger partial charge < -0.3 is 16.0 Å². The molecule has 0 spiro atoms. The van der Waals surface area contributed by atoms with Gasteiger partial charge in [0.2, 0.25) is 5.91 Å². The van der Waals surface area contributed by atoms with Crippen LogP contribution in [-0.2, 0) is 4.79 Å². The van der Waals surface area contributed by atoms with Crippen LogP contribution in [-0.4, -0.2) is 43.0 Å². The van der Waals surface area contributed by atoms with Crippen LogP contribution in [0.25, 0.3) is 0 Å². The fourth-order valence-corrected chi connectivity index (χ4v) is 1.82. The summed E-state index contributed by atoms with van der Waals surface area (Å²) in [4.78, 5) is 13.6. The van der Waals surface area contributed by atoms with Crippen LogP contribution in [0.5, 0.6) is 0 Å². The third-order valence-electron chi connectivity index (χ3n) is 2.49. The number of likely N-dealkylation sites (N-methyl/N-ethyl adjacent to an activating group) is 1. The van der Waals surface area contributed by atoms with Crippen LogP contribution in [0.3, 0.4) is 0 Å². The predicted molar refractivity (Wildman–Crippen MR) is 56.9 cm³/mol. The number of rotatable bonds is 3. The standard InChI is InChI=1S/C10H21N3O/c1-7(2)4-10(14)12-9-6-13(3)5-8(9)11/h7-9H,4-6,11H2,1-3H3,(H,12,14). The minimum Gasteiger partial charge on any atom is -0.350 e. The van der Waals surface area contributed by atoms with E-state index in [1.165, 1.54) is 0 Å². The first-order valence-corrected chi connectivity index (χ1v) is 5.22. The lowest BCUT2D eigenvalue weighted by Gasteiger charge is -2.17. The number of nitrogens with zero attached hydrogens (tertiary/aromatic N) is 1. The Labute approximate surface area is 85.8 Å². The van der Waals surface area contributed by atoms with E-state index in [0.29, 0.717) is 12.3 Å². The van der Waals surface area contributed by atoms with Crippen LogP contribution in [0.15, 0.2) is 0 Å². The molecule has 3 N–H and O–H groups in total. The van der Waals surface area contributed by atoms with Crippen molar-refractivity contribution in [2.45, 2.75) is 32.4 Å². The molecule has 0 aromatic carbocycles. The lowest BCUT2D eigenvalue weighted by molar-refractivity contribution is -0.122. The summed E-state index contributed by atoms with van der Waals surface area (Å²) in [6, 6.07) is 0.211. The maximum atomic E-state index is 11.5. The van der Waals surface area contributed by atoms with Gasteiger partial charge in [0.1, 0.15) is 0 Å². The zero-order valence-electron chi connectivity index (χ0n) is 9.29. The van der Waals surface area contributed by atoms with Crippen molar-refractivity contribution in [2.24, 2.45) is 11.7 Å². The molecule has 0 aliphatic carbocycles. The van der Waals surface area contributed by atoms with Crippen molar-refractivity contribution in [3.63, 3.8) is 0 Å². The number of nitrogens with two attached hydrogens (primary N) is 1. The number of hydrogen-bond donors (Lipinski definition) is 2. The molecule has 1 rings (SSSR count). The van der Waals surface area contributed by atoms with Crippen LogP contribution >= 0.6 is 0 Å². The molecule has 0 aromatic heterocycles. The molecule has 14 heavy (non-hydrogen) atoms. The summed E-state index contributed by atoms with van der Waals surface area (Å²) >= 11 is 0. The monoisotopic (exact) mass is 199 g/mol. The fraction of sp³-hybridized carbons (Fsp3) is 0.900. The zero-order chi connectivity index (χ0) is 10.7. The molecule has 1 amide bonds. The molecule has 1 fully saturated rings. The summed E-state index contributed by atoms with van der Waals surface area (Å²) in [7, 11) is 2.02. The van der Waals surface area contributed by atoms with Crippen LogP contribution in [0.4, 0.5) is 0 Å². The van der Waals surface area contributed by atoms with Gasteiger partial charge in [-0.1, -0.05) is 13.8 Å². The molecule has 0 saturated carbocycles. The van der Waals surface area contributed by atoms with Crippen molar-refractivity contribution in [1.82, 2.24) is 10.2 Å². The van der Waals surface area contributed by atoms with Crippen LogP contribution < -0.4 is 11.1 Å². The average Bonchev–Trinajstić information content (AvgIpc) is 2.28. The van der Waals surface area contributed by atoms with Gasteiger partial charge in [0.15, 0.2) is 0 Å². The number of carbonyl (C=O) groups is 1. The number of hydrogen-bond acceptors (Lipinski definition) is 3. The summed E-state index contributed by atoms with van der Waals surface area (Å²) in [5.41, 5.74) is 5.89. The average molecular weight is 199 g/mol. The molecular formula is C10H21N3O. The van der Waals surface area contributed by atoms with Gasteiger partial charge in [0.25, 0.3) is 0 Å². The van der Waals surface area contributed by atoms with Crippen molar-refractivity contribution >= 4 is 5.91 Å². The van der Waals surface area contributed by atoms with E-state index < -0.39 is 0 Å². The van der Waals surface area contributed by atoms with Crippen LogP contribution in [0.1, 0.15) is 20.3 Å². The number of nitrogens with one attached hydrogen (secondary N) is 1. The first kappa shape index (κ1) is 11.5. The van der Waals surface area contributed by atoms with Crippen molar-refractivity contribution < 1.29 is 4.79 Å². The minimum absolute atomic E-state index is 0.0797. The zero-order valence-corrected chi connectivity index (χ0v) is 9.29. The summed E-state index contributed by atoms with van der Waals surface area (Å²) in [6.07, 6.45) is 0.590. The molecular weight excluding hydrogens is 178 g/mol. The smallest absolute Gasteiger partial charge is 0.220 e. The maximum Gasteiger partial charge on any atom is 0.220 e. The second-order valence-electron chi connectivity index (χ2n) is 4.66. The Hall–Kier alpha value is -0.610. The molecule has 0 radical (unpaired) electrons. The van der Waals surface area contributed by atoms with E-state index in [1.54, 1.807) is 0 Å². The Balaban J connectivity index is 2.33. The second kappa shape index (κ2) is 4.75. The van der Waals surface area contributed by atoms with Gasteiger partial charge in [-0.15, -0.1) is 0 Å². The van der Waals surface area contributed by atoms with E-state index in [-0.39, 0.29) is 18.0 Å². The highest BCUT2D eigenvalue weighted by molar-refractivity contribution is 5.76. The summed E-state index contributed by atoms with van der Waals surface area (Å²) in [5, 5.41) is 2.98. The molecule has 1 heterocycles. The molecule has 0 aromatic rings. The highest BCUT2D eigenvalue weighted by Crippen LogP contribution is 2.07. The Bertz CT molecular complexity index is 206. The fourth-order valence-electron chi connectivity index (χ4n) is 1.82. The van der Waals surface area contributed by atoms with Gasteiger partial charge in [-0.25, -0.2) is 0 Å². The maximum absolute atomic E-state index is 11.5. The molecule has 1 aliphatic heterocycles. The summed E-state index contributed by atoms with van der Waals surface area (Å²) < 4.78 is 0. The Morgan fingerprint density at radius 3 is 2.64 bits per heavy atom. The van der Waals surface area contributed by atoms with Gasteiger partial charge in [-0.3, -0.25) is 4.79 Å². The second-order valence-corrected chi connectivity index (χ2v) is 4.66. The van der Waals surface area contributed by atoms with E-state index in [2.05, 4.69) is 10.2 Å². The van der Waals surface area contributed by atoms with E-state index in [0.717, 1.165) is 13.1 Å². The van der Waals surface area contributed by atoms with Crippen molar-refractivity contribution in [2.75, 3.05) is 20.1 Å². The van der Waals surface area contributed by atoms with E-state index in [1.807, 2.05) is 20.9 Å². The van der Waals surface area contributed by atoms with Crippen molar-refractivity contribution in [3.8, 4) is 0 Å². The van der Waals surface area contributed by atoms with Gasteiger partial charge in [-0.2, -0.15) is 0 Å². The topological polar surface area (TPSA) is 58.4 Å². The summed E-state index contributed by atoms with van der Waals surface area (Å²) in [6.45, 7) is 5.82. The largest absolute Gasteiger partial charge is 0.350 e. The molecule has 4 nitrogen and oxygen atoms in total. The third kappa shape index (κ3) is 3.27. The van der Waals surface area contributed by atoms with Crippen molar-refractivity contribution in [1.29, 1.82) is 0 Å². The molecule has 2 unspecified atom stereocenters. The number of amides is 1. The Morgan fingerprint density at radius 2 is 2.21 bits per heavy atom. The normalized spacial score (nSPS) is 28.4. The molecule has 0 bridgehead atoms. The van der Waals surface area contributed by atoms with Gasteiger partial charge >= 0.3 is 0 Å². The number of carbonyl (C=O) groups excluding carboxylic acids is 1. The van der Waals surface area contributed by atoms with Gasteiger partial charge in [0.05, 0.1) is 6.04 Å². The highest BCUT2D eigenvalue weighted by Gasteiger charge is 2.28. The Morgan fingerprint density at radius 1 is 1.57 bits per heavy atom. The molecule has 82 valence electrons. The predicted octanol–water partition coefficient (Wildman–Crippen LogP) is -0.210. The van der Waals surface area contributed by atoms with Crippen molar-refractivity contribution in [3.05, 3.63) is 0 Å². The lowest BCUT2D eigenvalue weighted by atomic mass is 10.1. The molecule has 4 heteroatoms. The molecule has 1 saturated heterocycles. The molecule has 1 aliphatic rings. The van der Waals surface area contributed by atoms with E-state index in [9.17, 15) is 4.79 Å². The minimum atomic E-state index is 0.0797. The quantitative estimate of drug-likeness (QED) is 0.661. The van der Waals surface area contributed by atoms with Gasteiger partial charge in [-0.05, 0) is 13.0 Å². The first-order chi connectivity index (χ1) is 6.49. The number of likely N-dealkylation sites (tertiary alicyclic amines) is 1. The highest BCUT2D eigenvalue weighted by atomic mass is 16.1. The van der Waals surface area contributed by atoms with E-state index in [4.69, 9.17) is 5.73 Å². The SMILES string of the molecule is CC(C)CC(=O)NC1CN(C)CC1N. The van der Waals surface area contributed by atoms with Crippen LogP contribution in [0, 0.1) is 5.92 Å². The van der Waals surface area contributed by atoms with Crippen LogP contribution in [0.2, 0.25) is 0 Å². The van der Waals surface area contributed by atoms with Gasteiger partial charge in [0, 0.05) is 25.6 Å². The van der Waals surface area contributed by atoms with E-state index >= 15 is 0 Å². The molecule has 2 atom stereocenters. The third-order valence-corrected chi connectivity index (χ3v) is 2.49. The Kier molecular flexibility index (Phi) is 3.89. The summed E-state index contributed by atoms with van der Waals surface area (Å²) in [5.74, 6) is 0.529. The lowest BCUT2D eigenvalue weighted by Crippen LogP contribution is -2.46. The first-order valence-electron chi connectivity index (χ1n) is 5.22.